The van der Waals surface area contributed by atoms with Crippen LogP contribution in [-0.2, 0) is 11.2 Å². The van der Waals surface area contributed by atoms with Crippen molar-refractivity contribution in [1.82, 2.24) is 10.1 Å². The molecule has 0 saturated carbocycles. The van der Waals surface area contributed by atoms with Gasteiger partial charge in [0, 0.05) is 13.0 Å². The molecule has 1 aliphatic heterocycles. The average molecular weight is 227 g/mol. The van der Waals surface area contributed by atoms with Crippen LogP contribution >= 0.6 is 0 Å². The smallest absolute Gasteiger partial charge is 0.255 e. The Hall–Kier alpha value is -0.980. The molecule has 0 radical (unpaired) electrons. The van der Waals surface area contributed by atoms with E-state index in [0.29, 0.717) is 25.2 Å². The van der Waals surface area contributed by atoms with Crippen molar-refractivity contribution in [2.75, 3.05) is 13.2 Å². The molecule has 90 valence electrons. The quantitative estimate of drug-likeness (QED) is 0.744. The Morgan fingerprint density at radius 3 is 3.12 bits per heavy atom. The summed E-state index contributed by atoms with van der Waals surface area (Å²) in [5.41, 5.74) is 5.34. The van der Waals surface area contributed by atoms with Crippen molar-refractivity contribution in [3.63, 3.8) is 0 Å². The van der Waals surface area contributed by atoms with Gasteiger partial charge in [0.2, 0.25) is 0 Å². The van der Waals surface area contributed by atoms with E-state index in [-0.39, 0.29) is 12.0 Å². The largest absolute Gasteiger partial charge is 0.383 e. The molecule has 1 saturated heterocycles. The fourth-order valence-electron chi connectivity index (χ4n) is 1.78. The van der Waals surface area contributed by atoms with Crippen LogP contribution in [0.4, 0.5) is 0 Å². The molecule has 2 unspecified atom stereocenters. The number of aromatic nitrogens is 2. The first-order chi connectivity index (χ1) is 7.79. The van der Waals surface area contributed by atoms with Crippen LogP contribution < -0.4 is 5.73 Å². The Bertz CT molecular complexity index is 323. The molecule has 16 heavy (non-hydrogen) atoms. The van der Waals surface area contributed by atoms with E-state index >= 15 is 0 Å². The van der Waals surface area contributed by atoms with Crippen molar-refractivity contribution >= 4 is 0 Å². The van der Waals surface area contributed by atoms with E-state index in [1.165, 1.54) is 0 Å². The van der Waals surface area contributed by atoms with E-state index in [1.54, 1.807) is 0 Å². The molecule has 1 aromatic rings. The minimum atomic E-state index is -0.754. The lowest BCUT2D eigenvalue weighted by molar-refractivity contribution is 0.109. The summed E-state index contributed by atoms with van der Waals surface area (Å²) in [6.07, 6.45) is 2.65. The van der Waals surface area contributed by atoms with Crippen molar-refractivity contribution in [2.45, 2.75) is 37.9 Å². The van der Waals surface area contributed by atoms with E-state index in [0.717, 1.165) is 19.4 Å². The molecule has 0 amide bonds. The number of rotatable bonds is 5. The molecular weight excluding hydrogens is 210 g/mol. The van der Waals surface area contributed by atoms with Gasteiger partial charge in [0.15, 0.2) is 5.82 Å². The number of aliphatic hydroxyl groups is 1. The van der Waals surface area contributed by atoms with Crippen LogP contribution in [0.2, 0.25) is 0 Å². The molecule has 2 atom stereocenters. The molecule has 3 N–H and O–H groups in total. The summed E-state index contributed by atoms with van der Waals surface area (Å²) in [5.74, 6) is 0.844. The second-order valence-electron chi connectivity index (χ2n) is 3.98. The van der Waals surface area contributed by atoms with Gasteiger partial charge in [-0.3, -0.25) is 0 Å². The van der Waals surface area contributed by atoms with Crippen LogP contribution in [0.1, 0.15) is 37.1 Å². The van der Waals surface area contributed by atoms with E-state index in [1.807, 2.05) is 0 Å². The van der Waals surface area contributed by atoms with Gasteiger partial charge >= 0.3 is 0 Å². The zero-order chi connectivity index (χ0) is 11.4. The first-order valence-corrected chi connectivity index (χ1v) is 5.62. The maximum Gasteiger partial charge on any atom is 0.255 e. The van der Waals surface area contributed by atoms with E-state index in [2.05, 4.69) is 10.1 Å². The van der Waals surface area contributed by atoms with Crippen molar-refractivity contribution < 1.29 is 14.4 Å². The van der Waals surface area contributed by atoms with Crippen LogP contribution in [0.5, 0.6) is 0 Å². The summed E-state index contributed by atoms with van der Waals surface area (Å²) >= 11 is 0. The van der Waals surface area contributed by atoms with E-state index < -0.39 is 6.10 Å². The lowest BCUT2D eigenvalue weighted by Gasteiger charge is -2.04. The third-order valence-corrected chi connectivity index (χ3v) is 2.64. The molecule has 1 fully saturated rings. The van der Waals surface area contributed by atoms with Gasteiger partial charge in [-0.05, 0) is 25.8 Å². The summed E-state index contributed by atoms with van der Waals surface area (Å²) in [6.45, 7) is 1.20. The lowest BCUT2D eigenvalue weighted by atomic mass is 10.2. The Labute approximate surface area is 93.8 Å². The van der Waals surface area contributed by atoms with Gasteiger partial charge in [0.05, 0.1) is 6.10 Å². The Morgan fingerprint density at radius 1 is 1.56 bits per heavy atom. The van der Waals surface area contributed by atoms with Crippen molar-refractivity contribution in [1.29, 1.82) is 0 Å². The van der Waals surface area contributed by atoms with Crippen LogP contribution in [0.15, 0.2) is 4.52 Å². The Kier molecular flexibility index (Phi) is 3.87. The predicted molar refractivity (Wildman–Crippen MR) is 55.6 cm³/mol. The fourth-order valence-corrected chi connectivity index (χ4v) is 1.78. The number of hydrogen-bond donors (Lipinski definition) is 2. The number of aliphatic hydroxyl groups excluding tert-OH is 1. The minimum Gasteiger partial charge on any atom is -0.383 e. The van der Waals surface area contributed by atoms with Crippen LogP contribution in [0.25, 0.3) is 0 Å². The second-order valence-corrected chi connectivity index (χ2v) is 3.98. The first-order valence-electron chi connectivity index (χ1n) is 5.62. The molecule has 2 rings (SSSR count). The van der Waals surface area contributed by atoms with Gasteiger partial charge in [-0.15, -0.1) is 0 Å². The summed E-state index contributed by atoms with van der Waals surface area (Å²) in [6, 6.07) is 0. The molecule has 2 heterocycles. The first kappa shape index (κ1) is 11.5. The third-order valence-electron chi connectivity index (χ3n) is 2.64. The Morgan fingerprint density at radius 2 is 2.44 bits per heavy atom. The highest BCUT2D eigenvalue weighted by atomic mass is 16.5. The maximum absolute atomic E-state index is 9.59. The molecule has 0 aromatic carbocycles. The highest BCUT2D eigenvalue weighted by Gasteiger charge is 2.20. The summed E-state index contributed by atoms with van der Waals surface area (Å²) < 4.78 is 10.4. The van der Waals surface area contributed by atoms with Crippen molar-refractivity contribution in [3.05, 3.63) is 11.7 Å². The normalized spacial score (nSPS) is 22.5. The van der Waals surface area contributed by atoms with Crippen LogP contribution in [0, 0.1) is 0 Å². The van der Waals surface area contributed by atoms with E-state index in [9.17, 15) is 5.11 Å². The van der Waals surface area contributed by atoms with Gasteiger partial charge in [0.25, 0.3) is 5.89 Å². The molecule has 0 aliphatic carbocycles. The molecule has 1 aliphatic rings. The number of ether oxygens (including phenoxy) is 1. The number of nitrogens with two attached hydrogens (primary N) is 1. The van der Waals surface area contributed by atoms with Gasteiger partial charge < -0.3 is 20.1 Å². The molecule has 0 bridgehead atoms. The maximum atomic E-state index is 9.59. The summed E-state index contributed by atoms with van der Waals surface area (Å²) in [7, 11) is 0. The Balaban J connectivity index is 1.90. The third kappa shape index (κ3) is 2.78. The topological polar surface area (TPSA) is 94.4 Å². The predicted octanol–water partition coefficient (Wildman–Crippen LogP) is 0.173. The SMILES string of the molecule is NCCC(O)c1nc(CC2CCCO2)no1. The number of nitrogens with zero attached hydrogens (tertiary/aromatic N) is 2. The van der Waals surface area contributed by atoms with Crippen molar-refractivity contribution in [2.24, 2.45) is 5.73 Å². The molecule has 0 spiro atoms. The second kappa shape index (κ2) is 5.38. The lowest BCUT2D eigenvalue weighted by Crippen LogP contribution is -2.10. The molecular formula is C10H17N3O3. The highest BCUT2D eigenvalue weighted by Crippen LogP contribution is 2.18. The number of hydrogen-bond acceptors (Lipinski definition) is 6. The molecule has 1 aromatic heterocycles. The fraction of sp³-hybridized carbons (Fsp3) is 0.800. The summed E-state index contributed by atoms with van der Waals surface area (Å²) in [4.78, 5) is 4.13. The van der Waals surface area contributed by atoms with Crippen LogP contribution in [-0.4, -0.2) is 34.5 Å². The zero-order valence-electron chi connectivity index (χ0n) is 9.13. The summed E-state index contributed by atoms with van der Waals surface area (Å²) in [5, 5.41) is 13.4. The van der Waals surface area contributed by atoms with Gasteiger partial charge in [-0.2, -0.15) is 4.98 Å². The average Bonchev–Trinajstić information content (AvgIpc) is 2.90. The minimum absolute atomic E-state index is 0.192. The standard InChI is InChI=1S/C10H17N3O3/c11-4-3-8(14)10-12-9(13-16-10)6-7-2-1-5-15-7/h7-8,14H,1-6,11H2. The highest BCUT2D eigenvalue weighted by molar-refractivity contribution is 4.92. The van der Waals surface area contributed by atoms with Gasteiger partial charge in [-0.25, -0.2) is 0 Å². The zero-order valence-corrected chi connectivity index (χ0v) is 9.13. The van der Waals surface area contributed by atoms with Crippen LogP contribution in [0.3, 0.4) is 0 Å². The molecule has 6 nitrogen and oxygen atoms in total. The monoisotopic (exact) mass is 227 g/mol. The van der Waals surface area contributed by atoms with Gasteiger partial charge in [-0.1, -0.05) is 5.16 Å². The van der Waals surface area contributed by atoms with Crippen molar-refractivity contribution in [3.8, 4) is 0 Å². The van der Waals surface area contributed by atoms with Gasteiger partial charge in [0.1, 0.15) is 6.10 Å². The van der Waals surface area contributed by atoms with E-state index in [4.69, 9.17) is 15.0 Å². The molecule has 6 heteroatoms.